The summed E-state index contributed by atoms with van der Waals surface area (Å²) in [6.45, 7) is 3.61. The number of hydrogen-bond donors (Lipinski definition) is 1. The molecule has 146 valence electrons. The zero-order chi connectivity index (χ0) is 20.4. The van der Waals surface area contributed by atoms with E-state index in [4.69, 9.17) is 16.3 Å². The van der Waals surface area contributed by atoms with Gasteiger partial charge in [0.2, 0.25) is 0 Å². The predicted octanol–water partition coefficient (Wildman–Crippen LogP) is 4.79. The molecule has 6 nitrogen and oxygen atoms in total. The van der Waals surface area contributed by atoms with Gasteiger partial charge in [0.05, 0.1) is 23.3 Å². The van der Waals surface area contributed by atoms with Crippen molar-refractivity contribution in [3.05, 3.63) is 77.6 Å². The molecule has 0 saturated heterocycles. The number of aryl methyl sites for hydroxylation is 1. The molecular weight excluding hydrogens is 388 g/mol. The Hall–Kier alpha value is -3.38. The van der Waals surface area contributed by atoms with Gasteiger partial charge in [0.25, 0.3) is 5.91 Å². The van der Waals surface area contributed by atoms with Crippen LogP contribution in [0.15, 0.2) is 66.9 Å². The molecule has 1 amide bonds. The van der Waals surface area contributed by atoms with Crippen LogP contribution >= 0.6 is 11.6 Å². The van der Waals surface area contributed by atoms with Crippen LogP contribution in [0.1, 0.15) is 12.6 Å². The molecule has 0 fully saturated rings. The van der Waals surface area contributed by atoms with Crippen molar-refractivity contribution in [1.29, 1.82) is 0 Å². The van der Waals surface area contributed by atoms with Gasteiger partial charge in [-0.1, -0.05) is 29.8 Å². The monoisotopic (exact) mass is 406 g/mol. The normalized spacial score (nSPS) is 12.0. The Kier molecular flexibility index (Phi) is 5.18. The molecule has 2 aromatic heterocycles. The Morgan fingerprint density at radius 3 is 2.59 bits per heavy atom. The minimum Gasteiger partial charge on any atom is -0.481 e. The van der Waals surface area contributed by atoms with E-state index in [2.05, 4.69) is 15.4 Å². The third-order valence-electron chi connectivity index (χ3n) is 4.47. The van der Waals surface area contributed by atoms with E-state index in [-0.39, 0.29) is 5.91 Å². The van der Waals surface area contributed by atoms with Crippen molar-refractivity contribution < 1.29 is 9.53 Å². The third-order valence-corrected chi connectivity index (χ3v) is 4.72. The number of ether oxygens (including phenoxy) is 1. The summed E-state index contributed by atoms with van der Waals surface area (Å²) in [6.07, 6.45) is 0.940. The highest BCUT2D eigenvalue weighted by molar-refractivity contribution is 6.30. The molecule has 0 aliphatic rings. The molecule has 0 aliphatic heterocycles. The number of halogens is 1. The molecule has 1 atom stereocenters. The van der Waals surface area contributed by atoms with Crippen molar-refractivity contribution in [1.82, 2.24) is 14.8 Å². The second kappa shape index (κ2) is 7.93. The Labute approximate surface area is 173 Å². The molecule has 0 aliphatic carbocycles. The fourth-order valence-corrected chi connectivity index (χ4v) is 3.10. The molecule has 4 rings (SSSR count). The summed E-state index contributed by atoms with van der Waals surface area (Å²) in [5.74, 6) is 0.305. The lowest BCUT2D eigenvalue weighted by Crippen LogP contribution is -2.30. The number of carbonyl (C=O) groups excluding carboxylic acids is 1. The van der Waals surface area contributed by atoms with Gasteiger partial charge in [-0.3, -0.25) is 4.79 Å². The summed E-state index contributed by atoms with van der Waals surface area (Å²) < 4.78 is 7.46. The highest BCUT2D eigenvalue weighted by atomic mass is 35.5. The van der Waals surface area contributed by atoms with E-state index >= 15 is 0 Å². The highest BCUT2D eigenvalue weighted by Gasteiger charge is 2.17. The highest BCUT2D eigenvalue weighted by Crippen LogP contribution is 2.23. The number of amides is 1. The van der Waals surface area contributed by atoms with Gasteiger partial charge in [0.15, 0.2) is 11.8 Å². The Bertz CT molecular complexity index is 1160. The van der Waals surface area contributed by atoms with E-state index in [0.717, 1.165) is 22.4 Å². The lowest BCUT2D eigenvalue weighted by Gasteiger charge is -2.14. The van der Waals surface area contributed by atoms with Crippen LogP contribution in [-0.2, 0) is 4.79 Å². The molecule has 2 heterocycles. The largest absolute Gasteiger partial charge is 0.481 e. The summed E-state index contributed by atoms with van der Waals surface area (Å²) in [4.78, 5) is 17.0. The summed E-state index contributed by atoms with van der Waals surface area (Å²) in [7, 11) is 0. The summed E-state index contributed by atoms with van der Waals surface area (Å²) in [6, 6.07) is 18.6. The molecule has 1 N–H and O–H groups in total. The molecule has 29 heavy (non-hydrogen) atoms. The smallest absolute Gasteiger partial charge is 0.265 e. The molecule has 0 saturated carbocycles. The molecule has 2 aromatic carbocycles. The first kappa shape index (κ1) is 19.0. The van der Waals surface area contributed by atoms with E-state index in [1.165, 1.54) is 0 Å². The van der Waals surface area contributed by atoms with E-state index < -0.39 is 6.10 Å². The van der Waals surface area contributed by atoms with Gasteiger partial charge in [0.1, 0.15) is 5.75 Å². The zero-order valence-corrected chi connectivity index (χ0v) is 16.7. The van der Waals surface area contributed by atoms with Gasteiger partial charge in [-0.25, -0.2) is 9.67 Å². The van der Waals surface area contributed by atoms with Crippen LogP contribution in [0.4, 0.5) is 5.69 Å². The van der Waals surface area contributed by atoms with Crippen molar-refractivity contribution in [3.63, 3.8) is 0 Å². The topological polar surface area (TPSA) is 69.0 Å². The molecule has 0 spiro atoms. The van der Waals surface area contributed by atoms with Crippen LogP contribution in [0.3, 0.4) is 0 Å². The number of aromatic nitrogens is 3. The van der Waals surface area contributed by atoms with Gasteiger partial charge >= 0.3 is 0 Å². The van der Waals surface area contributed by atoms with E-state index in [1.54, 1.807) is 42.1 Å². The zero-order valence-electron chi connectivity index (χ0n) is 16.0. The number of pyridine rings is 1. The third kappa shape index (κ3) is 4.07. The minimum absolute atomic E-state index is 0.269. The second-order valence-electron chi connectivity index (χ2n) is 6.63. The average molecular weight is 407 g/mol. The van der Waals surface area contributed by atoms with Crippen LogP contribution in [-0.4, -0.2) is 26.8 Å². The van der Waals surface area contributed by atoms with Crippen LogP contribution in [0.5, 0.6) is 5.75 Å². The second-order valence-corrected chi connectivity index (χ2v) is 7.07. The van der Waals surface area contributed by atoms with Crippen LogP contribution in [0.25, 0.3) is 16.7 Å². The minimum atomic E-state index is -0.681. The standard InChI is InChI=1S/C22H19ClN4O2/c1-14-20-12-17(13-24-21(20)27(26-14)18-6-4-3-5-7-18)25-22(28)15(2)29-19-10-8-16(23)9-11-19/h3-13,15H,1-2H3,(H,25,28). The number of benzene rings is 2. The van der Waals surface area contributed by atoms with Crippen molar-refractivity contribution in [2.75, 3.05) is 5.32 Å². The van der Waals surface area contributed by atoms with Crippen molar-refractivity contribution >= 4 is 34.2 Å². The first-order valence-corrected chi connectivity index (χ1v) is 9.53. The first-order valence-electron chi connectivity index (χ1n) is 9.15. The number of nitrogens with one attached hydrogen (secondary N) is 1. The quantitative estimate of drug-likeness (QED) is 0.517. The summed E-state index contributed by atoms with van der Waals surface area (Å²) in [5, 5.41) is 8.92. The van der Waals surface area contributed by atoms with Crippen LogP contribution < -0.4 is 10.1 Å². The molecule has 0 bridgehead atoms. The van der Waals surface area contributed by atoms with Crippen molar-refractivity contribution in [2.45, 2.75) is 20.0 Å². The van der Waals surface area contributed by atoms with E-state index in [9.17, 15) is 4.79 Å². The number of hydrogen-bond acceptors (Lipinski definition) is 4. The average Bonchev–Trinajstić information content (AvgIpc) is 3.06. The van der Waals surface area contributed by atoms with Crippen LogP contribution in [0, 0.1) is 6.92 Å². The Balaban J connectivity index is 1.53. The fraction of sp³-hybridized carbons (Fsp3) is 0.136. The van der Waals surface area contributed by atoms with E-state index in [1.807, 2.05) is 43.3 Å². The predicted molar refractivity (Wildman–Crippen MR) is 114 cm³/mol. The fourth-order valence-electron chi connectivity index (χ4n) is 2.98. The van der Waals surface area contributed by atoms with Gasteiger partial charge < -0.3 is 10.1 Å². The summed E-state index contributed by atoms with van der Waals surface area (Å²) in [5.41, 5.74) is 3.08. The van der Waals surface area contributed by atoms with Gasteiger partial charge in [-0.2, -0.15) is 5.10 Å². The number of rotatable bonds is 5. The molecular formula is C22H19ClN4O2. The molecule has 0 radical (unpaired) electrons. The van der Waals surface area contributed by atoms with Crippen molar-refractivity contribution in [2.24, 2.45) is 0 Å². The van der Waals surface area contributed by atoms with Crippen molar-refractivity contribution in [3.8, 4) is 11.4 Å². The maximum absolute atomic E-state index is 12.5. The SMILES string of the molecule is Cc1nn(-c2ccccc2)c2ncc(NC(=O)C(C)Oc3ccc(Cl)cc3)cc12. The molecule has 1 unspecified atom stereocenters. The molecule has 4 aromatic rings. The van der Waals surface area contributed by atoms with Gasteiger partial charge in [-0.15, -0.1) is 0 Å². The first-order chi connectivity index (χ1) is 14.0. The lowest BCUT2D eigenvalue weighted by molar-refractivity contribution is -0.122. The number of fused-ring (bicyclic) bond motifs is 1. The Morgan fingerprint density at radius 2 is 1.86 bits per heavy atom. The van der Waals surface area contributed by atoms with Gasteiger partial charge in [-0.05, 0) is 56.3 Å². The number of nitrogens with zero attached hydrogens (tertiary/aromatic N) is 3. The van der Waals surface area contributed by atoms with Gasteiger partial charge in [0, 0.05) is 10.4 Å². The maximum atomic E-state index is 12.5. The summed E-state index contributed by atoms with van der Waals surface area (Å²) >= 11 is 5.87. The van der Waals surface area contributed by atoms with E-state index in [0.29, 0.717) is 16.5 Å². The maximum Gasteiger partial charge on any atom is 0.265 e. The number of carbonyl (C=O) groups is 1. The molecule has 7 heteroatoms. The lowest BCUT2D eigenvalue weighted by atomic mass is 10.2. The Morgan fingerprint density at radius 1 is 1.14 bits per heavy atom. The number of para-hydroxylation sites is 1. The number of anilines is 1. The van der Waals surface area contributed by atoms with Crippen LogP contribution in [0.2, 0.25) is 5.02 Å².